The topological polar surface area (TPSA) is 24.7 Å². The molecule has 0 aliphatic carbocycles. The standard InChI is InChI=1S/C24H18N2/c1-3-11-20(12-4-1)24(21-13-5-2-6-14-21)26-25-18-22-16-9-15-19-10-7-8-17-23(19)22/h1-18H. The van der Waals surface area contributed by atoms with Crippen molar-refractivity contribution in [2.75, 3.05) is 0 Å². The van der Waals surface area contributed by atoms with Gasteiger partial charge in [-0.1, -0.05) is 103 Å². The summed E-state index contributed by atoms with van der Waals surface area (Å²) in [5, 5.41) is 11.3. The van der Waals surface area contributed by atoms with Gasteiger partial charge in [-0.25, -0.2) is 0 Å². The van der Waals surface area contributed by atoms with Crippen molar-refractivity contribution < 1.29 is 0 Å². The smallest absolute Gasteiger partial charge is 0.100 e. The Labute approximate surface area is 153 Å². The predicted octanol–water partition coefficient (Wildman–Crippen LogP) is 5.71. The highest BCUT2D eigenvalue weighted by Crippen LogP contribution is 2.17. The molecule has 0 amide bonds. The van der Waals surface area contributed by atoms with Crippen LogP contribution in [-0.4, -0.2) is 11.9 Å². The maximum atomic E-state index is 4.55. The third-order valence-electron chi connectivity index (χ3n) is 4.27. The second-order valence-corrected chi connectivity index (χ2v) is 5.99. The Bertz CT molecular complexity index is 1020. The Morgan fingerprint density at radius 2 is 1.15 bits per heavy atom. The molecule has 0 aliphatic heterocycles. The summed E-state index contributed by atoms with van der Waals surface area (Å²) in [6.07, 6.45) is 1.83. The van der Waals surface area contributed by atoms with Gasteiger partial charge in [-0.15, -0.1) is 5.10 Å². The van der Waals surface area contributed by atoms with Crippen LogP contribution in [0.2, 0.25) is 0 Å². The molecule has 4 aromatic carbocycles. The van der Waals surface area contributed by atoms with Crippen molar-refractivity contribution in [1.29, 1.82) is 0 Å². The first-order valence-electron chi connectivity index (χ1n) is 8.61. The molecule has 0 fully saturated rings. The van der Waals surface area contributed by atoms with Crippen LogP contribution in [0.15, 0.2) is 113 Å². The summed E-state index contributed by atoms with van der Waals surface area (Å²) in [6, 6.07) is 34.8. The molecular formula is C24H18N2. The van der Waals surface area contributed by atoms with E-state index >= 15 is 0 Å². The van der Waals surface area contributed by atoms with E-state index in [0.29, 0.717) is 0 Å². The van der Waals surface area contributed by atoms with E-state index in [1.54, 1.807) is 0 Å². The third-order valence-corrected chi connectivity index (χ3v) is 4.27. The number of benzene rings is 4. The SMILES string of the molecule is C(=NN=C(c1ccccc1)c1ccccc1)c1cccc2ccccc12. The van der Waals surface area contributed by atoms with E-state index in [9.17, 15) is 0 Å². The molecule has 2 heteroatoms. The normalized spacial score (nSPS) is 10.9. The van der Waals surface area contributed by atoms with Gasteiger partial charge in [0.2, 0.25) is 0 Å². The predicted molar refractivity (Wildman–Crippen MR) is 110 cm³/mol. The lowest BCUT2D eigenvalue weighted by atomic mass is 10.0. The van der Waals surface area contributed by atoms with Crippen LogP contribution in [0.25, 0.3) is 10.8 Å². The summed E-state index contributed by atoms with van der Waals surface area (Å²) in [5.41, 5.74) is 4.03. The van der Waals surface area contributed by atoms with Gasteiger partial charge in [-0.3, -0.25) is 0 Å². The fraction of sp³-hybridized carbons (Fsp3) is 0. The third kappa shape index (κ3) is 3.45. The van der Waals surface area contributed by atoms with Crippen molar-refractivity contribution in [2.24, 2.45) is 10.2 Å². The Morgan fingerprint density at radius 1 is 0.577 bits per heavy atom. The van der Waals surface area contributed by atoms with Crippen LogP contribution in [0.5, 0.6) is 0 Å². The molecule has 0 radical (unpaired) electrons. The fourth-order valence-electron chi connectivity index (χ4n) is 2.99. The molecule has 4 aromatic rings. The van der Waals surface area contributed by atoms with Gasteiger partial charge in [-0.05, 0) is 10.8 Å². The first-order chi connectivity index (χ1) is 12.9. The average Bonchev–Trinajstić information content (AvgIpc) is 2.72. The first kappa shape index (κ1) is 16.0. The van der Waals surface area contributed by atoms with Gasteiger partial charge in [0.05, 0.1) is 6.21 Å². The van der Waals surface area contributed by atoms with Crippen LogP contribution < -0.4 is 0 Å². The van der Waals surface area contributed by atoms with E-state index < -0.39 is 0 Å². The summed E-state index contributed by atoms with van der Waals surface area (Å²) in [6.45, 7) is 0. The summed E-state index contributed by atoms with van der Waals surface area (Å²) in [7, 11) is 0. The largest absolute Gasteiger partial charge is 0.158 e. The van der Waals surface area contributed by atoms with Crippen molar-refractivity contribution in [2.45, 2.75) is 0 Å². The first-order valence-corrected chi connectivity index (χ1v) is 8.61. The van der Waals surface area contributed by atoms with Crippen molar-refractivity contribution in [3.05, 3.63) is 120 Å². The second-order valence-electron chi connectivity index (χ2n) is 5.99. The molecule has 0 N–H and O–H groups in total. The minimum Gasteiger partial charge on any atom is -0.158 e. The minimum atomic E-state index is 0.864. The summed E-state index contributed by atoms with van der Waals surface area (Å²) in [5.74, 6) is 0. The zero-order valence-corrected chi connectivity index (χ0v) is 14.3. The number of hydrogen-bond donors (Lipinski definition) is 0. The highest BCUT2D eigenvalue weighted by molar-refractivity contribution is 6.13. The molecule has 0 bridgehead atoms. The summed E-state index contributed by atoms with van der Waals surface area (Å²) in [4.78, 5) is 0. The van der Waals surface area contributed by atoms with Gasteiger partial charge in [0, 0.05) is 16.7 Å². The van der Waals surface area contributed by atoms with Gasteiger partial charge in [0.15, 0.2) is 0 Å². The molecule has 0 heterocycles. The summed E-state index contributed by atoms with van der Waals surface area (Å²) < 4.78 is 0. The van der Waals surface area contributed by atoms with Gasteiger partial charge in [0.25, 0.3) is 0 Å². The highest BCUT2D eigenvalue weighted by Gasteiger charge is 2.05. The molecule has 0 saturated carbocycles. The van der Waals surface area contributed by atoms with Gasteiger partial charge >= 0.3 is 0 Å². The Balaban J connectivity index is 1.74. The van der Waals surface area contributed by atoms with Crippen molar-refractivity contribution >= 4 is 22.7 Å². The molecule has 0 atom stereocenters. The molecule has 0 saturated heterocycles. The molecule has 26 heavy (non-hydrogen) atoms. The van der Waals surface area contributed by atoms with Crippen LogP contribution in [0.4, 0.5) is 0 Å². The lowest BCUT2D eigenvalue weighted by molar-refractivity contribution is 1.24. The van der Waals surface area contributed by atoms with Crippen LogP contribution in [-0.2, 0) is 0 Å². The van der Waals surface area contributed by atoms with Crippen molar-refractivity contribution in [1.82, 2.24) is 0 Å². The van der Waals surface area contributed by atoms with E-state index in [0.717, 1.165) is 22.4 Å². The summed E-state index contributed by atoms with van der Waals surface area (Å²) >= 11 is 0. The number of nitrogens with zero attached hydrogens (tertiary/aromatic N) is 2. The monoisotopic (exact) mass is 334 g/mol. The number of hydrogen-bond acceptors (Lipinski definition) is 2. The van der Waals surface area contributed by atoms with Gasteiger partial charge < -0.3 is 0 Å². The molecule has 0 aliphatic rings. The van der Waals surface area contributed by atoms with Crippen molar-refractivity contribution in [3.8, 4) is 0 Å². The van der Waals surface area contributed by atoms with E-state index in [-0.39, 0.29) is 0 Å². The van der Waals surface area contributed by atoms with Crippen LogP contribution in [0.3, 0.4) is 0 Å². The van der Waals surface area contributed by atoms with Crippen LogP contribution in [0, 0.1) is 0 Å². The van der Waals surface area contributed by atoms with E-state index in [2.05, 4.69) is 58.7 Å². The maximum Gasteiger partial charge on any atom is 0.100 e. The van der Waals surface area contributed by atoms with E-state index in [1.807, 2.05) is 60.8 Å². The Hall–Kier alpha value is -3.52. The molecule has 124 valence electrons. The fourth-order valence-corrected chi connectivity index (χ4v) is 2.99. The molecule has 2 nitrogen and oxygen atoms in total. The molecule has 4 rings (SSSR count). The van der Waals surface area contributed by atoms with E-state index in [1.165, 1.54) is 10.8 Å². The van der Waals surface area contributed by atoms with Crippen LogP contribution in [0.1, 0.15) is 16.7 Å². The van der Waals surface area contributed by atoms with Crippen LogP contribution >= 0.6 is 0 Å². The lowest BCUT2D eigenvalue weighted by Gasteiger charge is -2.05. The molecule has 0 aromatic heterocycles. The zero-order chi connectivity index (χ0) is 17.6. The minimum absolute atomic E-state index is 0.864. The quantitative estimate of drug-likeness (QED) is 0.337. The Morgan fingerprint density at radius 3 is 1.85 bits per heavy atom. The highest BCUT2D eigenvalue weighted by atomic mass is 15.2. The molecular weight excluding hydrogens is 316 g/mol. The second kappa shape index (κ2) is 7.58. The molecule has 0 spiro atoms. The Kier molecular flexibility index (Phi) is 4.66. The maximum absolute atomic E-state index is 4.55. The van der Waals surface area contributed by atoms with Crippen molar-refractivity contribution in [3.63, 3.8) is 0 Å². The zero-order valence-electron chi connectivity index (χ0n) is 14.3. The van der Waals surface area contributed by atoms with Gasteiger partial charge in [-0.2, -0.15) is 5.10 Å². The lowest BCUT2D eigenvalue weighted by Crippen LogP contribution is -2.02. The van der Waals surface area contributed by atoms with Gasteiger partial charge in [0.1, 0.15) is 5.71 Å². The van der Waals surface area contributed by atoms with E-state index in [4.69, 9.17) is 0 Å². The average molecular weight is 334 g/mol. The molecule has 0 unspecified atom stereocenters. The number of fused-ring (bicyclic) bond motifs is 1. The number of rotatable bonds is 4.